The Kier molecular flexibility index (Phi) is 3.25. The van der Waals surface area contributed by atoms with Gasteiger partial charge in [-0.15, -0.1) is 0 Å². The van der Waals surface area contributed by atoms with E-state index >= 15 is 0 Å². The van der Waals surface area contributed by atoms with Gasteiger partial charge in [-0.05, 0) is 24.6 Å². The zero-order valence-corrected chi connectivity index (χ0v) is 7.25. The summed E-state index contributed by atoms with van der Waals surface area (Å²) < 4.78 is 0. The molecule has 1 heterocycles. The van der Waals surface area contributed by atoms with Crippen molar-refractivity contribution in [2.75, 3.05) is 6.54 Å². The highest BCUT2D eigenvalue weighted by Gasteiger charge is 2.06. The monoisotopic (exact) mass is 178 g/mol. The molecule has 0 saturated carbocycles. The van der Waals surface area contributed by atoms with Crippen molar-refractivity contribution in [2.45, 2.75) is 13.0 Å². The molecule has 1 N–H and O–H groups in total. The first kappa shape index (κ1) is 9.51. The Balaban J connectivity index is 2.76. The standard InChI is InChI=1S/C8H10N4O/c1-6-3-2-4-7(11-6)8(13)5-10-12-9/h2-4,8,13H,5H2,1H3/t8-/m0/s1. The van der Waals surface area contributed by atoms with E-state index in [1.807, 2.05) is 13.0 Å². The summed E-state index contributed by atoms with van der Waals surface area (Å²) in [5, 5.41) is 12.7. The van der Waals surface area contributed by atoms with Gasteiger partial charge >= 0.3 is 0 Å². The number of rotatable bonds is 3. The van der Waals surface area contributed by atoms with Crippen LogP contribution in [0.3, 0.4) is 0 Å². The van der Waals surface area contributed by atoms with E-state index in [2.05, 4.69) is 15.0 Å². The molecule has 1 aromatic heterocycles. The molecule has 0 saturated heterocycles. The average molecular weight is 178 g/mol. The molecule has 0 unspecified atom stereocenters. The van der Waals surface area contributed by atoms with Crippen LogP contribution in [0.1, 0.15) is 17.5 Å². The van der Waals surface area contributed by atoms with Crippen LogP contribution in [-0.2, 0) is 0 Å². The smallest absolute Gasteiger partial charge is 0.102 e. The maximum Gasteiger partial charge on any atom is 0.102 e. The van der Waals surface area contributed by atoms with Crippen molar-refractivity contribution in [1.29, 1.82) is 0 Å². The van der Waals surface area contributed by atoms with Crippen LogP contribution < -0.4 is 0 Å². The van der Waals surface area contributed by atoms with E-state index in [9.17, 15) is 5.11 Å². The number of azide groups is 1. The first-order chi connectivity index (χ1) is 6.24. The Hall–Kier alpha value is -1.58. The third kappa shape index (κ3) is 2.74. The fourth-order valence-corrected chi connectivity index (χ4v) is 0.957. The molecule has 0 aromatic carbocycles. The van der Waals surface area contributed by atoms with Crippen molar-refractivity contribution in [3.63, 3.8) is 0 Å². The minimum Gasteiger partial charge on any atom is -0.387 e. The van der Waals surface area contributed by atoms with Crippen LogP contribution in [0.25, 0.3) is 10.4 Å². The SMILES string of the molecule is Cc1cccc([C@@H](O)CN=[N+]=[N-])n1. The van der Waals surface area contributed by atoms with Crippen molar-refractivity contribution < 1.29 is 5.11 Å². The van der Waals surface area contributed by atoms with Crippen molar-refractivity contribution in [3.05, 3.63) is 40.0 Å². The van der Waals surface area contributed by atoms with Gasteiger partial charge in [-0.25, -0.2) is 0 Å². The Bertz CT molecular complexity index is 333. The summed E-state index contributed by atoms with van der Waals surface area (Å²) in [6, 6.07) is 5.34. The van der Waals surface area contributed by atoms with Crippen LogP contribution in [0.4, 0.5) is 0 Å². The summed E-state index contributed by atoms with van der Waals surface area (Å²) in [6.07, 6.45) is -0.809. The summed E-state index contributed by atoms with van der Waals surface area (Å²) >= 11 is 0. The largest absolute Gasteiger partial charge is 0.387 e. The zero-order chi connectivity index (χ0) is 9.68. The van der Waals surface area contributed by atoms with Gasteiger partial charge in [0.15, 0.2) is 0 Å². The van der Waals surface area contributed by atoms with Crippen molar-refractivity contribution >= 4 is 0 Å². The minimum atomic E-state index is -0.809. The van der Waals surface area contributed by atoms with Gasteiger partial charge in [0.2, 0.25) is 0 Å². The van der Waals surface area contributed by atoms with Crippen molar-refractivity contribution in [1.82, 2.24) is 4.98 Å². The molecule has 0 radical (unpaired) electrons. The van der Waals surface area contributed by atoms with Gasteiger partial charge in [0.25, 0.3) is 0 Å². The summed E-state index contributed by atoms with van der Waals surface area (Å²) in [5.41, 5.74) is 9.41. The Morgan fingerprint density at radius 3 is 3.08 bits per heavy atom. The molecule has 1 aromatic rings. The number of aromatic nitrogens is 1. The maximum absolute atomic E-state index is 9.45. The summed E-state index contributed by atoms with van der Waals surface area (Å²) in [6.45, 7) is 1.86. The average Bonchev–Trinajstić information content (AvgIpc) is 2.14. The lowest BCUT2D eigenvalue weighted by Gasteiger charge is -2.06. The minimum absolute atomic E-state index is 0.0208. The van der Waals surface area contributed by atoms with E-state index in [0.717, 1.165) is 5.69 Å². The second-order valence-electron chi connectivity index (χ2n) is 2.63. The van der Waals surface area contributed by atoms with Gasteiger partial charge in [0.05, 0.1) is 12.2 Å². The molecular weight excluding hydrogens is 168 g/mol. The van der Waals surface area contributed by atoms with E-state index in [0.29, 0.717) is 5.69 Å². The van der Waals surface area contributed by atoms with E-state index in [1.54, 1.807) is 12.1 Å². The molecule has 68 valence electrons. The molecule has 0 bridgehead atoms. The number of aliphatic hydroxyl groups is 1. The molecule has 5 heteroatoms. The second-order valence-corrected chi connectivity index (χ2v) is 2.63. The molecule has 0 aliphatic carbocycles. The number of hydrogen-bond donors (Lipinski definition) is 1. The lowest BCUT2D eigenvalue weighted by Crippen LogP contribution is -2.03. The van der Waals surface area contributed by atoms with Crippen LogP contribution >= 0.6 is 0 Å². The van der Waals surface area contributed by atoms with Crippen LogP contribution in [0.15, 0.2) is 23.3 Å². The van der Waals surface area contributed by atoms with Gasteiger partial charge < -0.3 is 5.11 Å². The molecule has 0 spiro atoms. The first-order valence-corrected chi connectivity index (χ1v) is 3.86. The highest BCUT2D eigenvalue weighted by molar-refractivity contribution is 5.12. The molecule has 13 heavy (non-hydrogen) atoms. The van der Waals surface area contributed by atoms with Gasteiger partial charge in [-0.1, -0.05) is 11.2 Å². The van der Waals surface area contributed by atoms with Gasteiger partial charge in [0.1, 0.15) is 6.10 Å². The third-order valence-electron chi connectivity index (χ3n) is 1.57. The van der Waals surface area contributed by atoms with Crippen molar-refractivity contribution in [3.8, 4) is 0 Å². The molecule has 5 nitrogen and oxygen atoms in total. The van der Waals surface area contributed by atoms with E-state index < -0.39 is 6.10 Å². The Morgan fingerprint density at radius 1 is 1.69 bits per heavy atom. The molecule has 1 rings (SSSR count). The molecule has 0 aliphatic heterocycles. The molecular formula is C8H10N4O. The predicted octanol–water partition coefficient (Wildman–Crippen LogP) is 1.73. The van der Waals surface area contributed by atoms with Crippen LogP contribution in [-0.4, -0.2) is 16.6 Å². The lowest BCUT2D eigenvalue weighted by molar-refractivity contribution is 0.182. The number of nitrogens with zero attached hydrogens (tertiary/aromatic N) is 4. The van der Waals surface area contributed by atoms with Gasteiger partial charge in [-0.3, -0.25) is 4.98 Å². The first-order valence-electron chi connectivity index (χ1n) is 3.86. The normalized spacial score (nSPS) is 11.8. The molecule has 0 aliphatic rings. The highest BCUT2D eigenvalue weighted by Crippen LogP contribution is 2.10. The number of pyridine rings is 1. The number of aliphatic hydroxyl groups excluding tert-OH is 1. The summed E-state index contributed by atoms with van der Waals surface area (Å²) in [4.78, 5) is 6.65. The summed E-state index contributed by atoms with van der Waals surface area (Å²) in [7, 11) is 0. The summed E-state index contributed by atoms with van der Waals surface area (Å²) in [5.74, 6) is 0. The lowest BCUT2D eigenvalue weighted by atomic mass is 10.2. The maximum atomic E-state index is 9.45. The van der Waals surface area contributed by atoms with Gasteiger partial charge in [0, 0.05) is 10.6 Å². The Labute approximate surface area is 75.7 Å². The quantitative estimate of drug-likeness (QED) is 0.434. The number of aryl methyl sites for hydroxylation is 1. The fraction of sp³-hybridized carbons (Fsp3) is 0.375. The van der Waals surface area contributed by atoms with Crippen LogP contribution in [0, 0.1) is 6.92 Å². The topological polar surface area (TPSA) is 81.9 Å². The molecule has 1 atom stereocenters. The Morgan fingerprint density at radius 2 is 2.46 bits per heavy atom. The van der Waals surface area contributed by atoms with E-state index in [4.69, 9.17) is 5.53 Å². The molecule has 0 amide bonds. The molecule has 0 fully saturated rings. The van der Waals surface area contributed by atoms with Crippen LogP contribution in [0.2, 0.25) is 0 Å². The van der Waals surface area contributed by atoms with Crippen molar-refractivity contribution in [2.24, 2.45) is 5.11 Å². The second kappa shape index (κ2) is 4.45. The number of hydrogen-bond acceptors (Lipinski definition) is 3. The predicted molar refractivity (Wildman–Crippen MR) is 47.9 cm³/mol. The highest BCUT2D eigenvalue weighted by atomic mass is 16.3. The fourth-order valence-electron chi connectivity index (χ4n) is 0.957. The van der Waals surface area contributed by atoms with E-state index in [1.165, 1.54) is 0 Å². The van der Waals surface area contributed by atoms with E-state index in [-0.39, 0.29) is 6.54 Å². The van der Waals surface area contributed by atoms with Gasteiger partial charge in [-0.2, -0.15) is 0 Å². The van der Waals surface area contributed by atoms with Crippen LogP contribution in [0.5, 0.6) is 0 Å². The zero-order valence-electron chi connectivity index (χ0n) is 7.25. The third-order valence-corrected chi connectivity index (χ3v) is 1.57.